The summed E-state index contributed by atoms with van der Waals surface area (Å²) in [5.41, 5.74) is 0.897. The highest BCUT2D eigenvalue weighted by atomic mass is 35.5. The van der Waals surface area contributed by atoms with Gasteiger partial charge in [0, 0.05) is 18.7 Å². The van der Waals surface area contributed by atoms with Crippen molar-refractivity contribution in [2.75, 3.05) is 19.1 Å². The number of hydrazine groups is 1. The summed E-state index contributed by atoms with van der Waals surface area (Å²) >= 11 is 5.91. The Bertz CT molecular complexity index is 577. The van der Waals surface area contributed by atoms with Crippen molar-refractivity contribution in [3.05, 3.63) is 32.8 Å². The molecular formula is C12H17ClN4O4. The monoisotopic (exact) mass is 316 g/mol. The third-order valence-corrected chi connectivity index (χ3v) is 3.56. The summed E-state index contributed by atoms with van der Waals surface area (Å²) in [5, 5.41) is 20.3. The molecule has 1 amide bonds. The molecule has 0 spiro atoms. The number of nitrogens with two attached hydrogens (primary N) is 1. The summed E-state index contributed by atoms with van der Waals surface area (Å²) in [6.07, 6.45) is 0. The Morgan fingerprint density at radius 1 is 1.57 bits per heavy atom. The van der Waals surface area contributed by atoms with Crippen LogP contribution < -0.4 is 11.3 Å². The fourth-order valence-corrected chi connectivity index (χ4v) is 1.85. The second-order valence-electron chi connectivity index (χ2n) is 5.09. The number of amides is 1. The first-order valence-corrected chi connectivity index (χ1v) is 6.37. The zero-order valence-corrected chi connectivity index (χ0v) is 12.6. The maximum atomic E-state index is 12.4. The molecule has 4 N–H and O–H groups in total. The number of anilines is 1. The number of nitro benzene ring substituents is 1. The van der Waals surface area contributed by atoms with E-state index < -0.39 is 22.1 Å². The minimum Gasteiger partial charge on any atom is -0.394 e. The number of aliphatic hydroxyl groups is 1. The van der Waals surface area contributed by atoms with Crippen LogP contribution in [0.2, 0.25) is 5.02 Å². The first-order chi connectivity index (χ1) is 9.65. The molecule has 0 saturated carbocycles. The Morgan fingerprint density at radius 2 is 2.14 bits per heavy atom. The molecule has 21 heavy (non-hydrogen) atoms. The van der Waals surface area contributed by atoms with E-state index in [4.69, 9.17) is 17.4 Å². The van der Waals surface area contributed by atoms with Crippen LogP contribution >= 0.6 is 11.6 Å². The van der Waals surface area contributed by atoms with Crippen LogP contribution in [0, 0.1) is 10.1 Å². The molecule has 0 bridgehead atoms. The van der Waals surface area contributed by atoms with Gasteiger partial charge >= 0.3 is 0 Å². The molecule has 0 atom stereocenters. The van der Waals surface area contributed by atoms with Gasteiger partial charge in [-0.3, -0.25) is 20.8 Å². The van der Waals surface area contributed by atoms with E-state index in [0.717, 1.165) is 6.07 Å². The van der Waals surface area contributed by atoms with Crippen molar-refractivity contribution < 1.29 is 14.8 Å². The Balaban J connectivity index is 3.32. The van der Waals surface area contributed by atoms with Crippen molar-refractivity contribution in [2.45, 2.75) is 19.4 Å². The Labute approximate surface area is 126 Å². The molecule has 0 aliphatic carbocycles. The average Bonchev–Trinajstić information content (AvgIpc) is 2.44. The van der Waals surface area contributed by atoms with Crippen molar-refractivity contribution in [3.63, 3.8) is 0 Å². The van der Waals surface area contributed by atoms with Gasteiger partial charge in [-0.05, 0) is 19.9 Å². The zero-order valence-electron chi connectivity index (χ0n) is 11.9. The highest BCUT2D eigenvalue weighted by Crippen LogP contribution is 2.33. The number of likely N-dealkylation sites (N-methyl/N-ethyl adjacent to an activating group) is 1. The molecule has 0 aliphatic heterocycles. The van der Waals surface area contributed by atoms with Gasteiger partial charge in [-0.2, -0.15) is 0 Å². The van der Waals surface area contributed by atoms with E-state index in [0.29, 0.717) is 0 Å². The predicted octanol–water partition coefficient (Wildman–Crippen LogP) is 1.38. The van der Waals surface area contributed by atoms with Crippen LogP contribution in [-0.4, -0.2) is 40.0 Å². The Kier molecular flexibility index (Phi) is 5.10. The lowest BCUT2D eigenvalue weighted by Gasteiger charge is -2.34. The van der Waals surface area contributed by atoms with E-state index in [1.165, 1.54) is 18.0 Å². The van der Waals surface area contributed by atoms with Gasteiger partial charge in [-0.15, -0.1) is 0 Å². The second kappa shape index (κ2) is 6.25. The smallest absolute Gasteiger partial charge is 0.295 e. The highest BCUT2D eigenvalue weighted by molar-refractivity contribution is 6.34. The van der Waals surface area contributed by atoms with Crippen LogP contribution in [0.4, 0.5) is 11.4 Å². The molecular weight excluding hydrogens is 300 g/mol. The van der Waals surface area contributed by atoms with E-state index in [1.807, 2.05) is 0 Å². The van der Waals surface area contributed by atoms with Crippen molar-refractivity contribution in [1.82, 2.24) is 4.90 Å². The number of benzene rings is 1. The van der Waals surface area contributed by atoms with Gasteiger partial charge in [0.1, 0.15) is 5.69 Å². The molecule has 0 fully saturated rings. The maximum absolute atomic E-state index is 12.4. The minimum absolute atomic E-state index is 0.0368. The number of nitrogen functional groups attached to an aromatic ring is 1. The first kappa shape index (κ1) is 17.2. The van der Waals surface area contributed by atoms with Crippen LogP contribution in [0.15, 0.2) is 12.1 Å². The van der Waals surface area contributed by atoms with Crippen LogP contribution in [0.5, 0.6) is 0 Å². The van der Waals surface area contributed by atoms with Gasteiger partial charge in [0.05, 0.1) is 22.1 Å². The summed E-state index contributed by atoms with van der Waals surface area (Å²) in [7, 11) is 1.49. The molecule has 0 aromatic heterocycles. The van der Waals surface area contributed by atoms with E-state index in [2.05, 4.69) is 5.43 Å². The maximum Gasteiger partial charge on any atom is 0.295 e. The molecule has 1 aromatic rings. The van der Waals surface area contributed by atoms with Gasteiger partial charge < -0.3 is 15.4 Å². The van der Waals surface area contributed by atoms with E-state index in [-0.39, 0.29) is 22.9 Å². The number of hydrogen-bond donors (Lipinski definition) is 3. The summed E-state index contributed by atoms with van der Waals surface area (Å²) in [5.74, 6) is 4.70. The number of aliphatic hydroxyl groups excluding tert-OH is 1. The molecule has 1 rings (SSSR count). The fourth-order valence-electron chi connectivity index (χ4n) is 1.58. The van der Waals surface area contributed by atoms with Gasteiger partial charge in [0.2, 0.25) is 0 Å². The van der Waals surface area contributed by atoms with Gasteiger partial charge in [-0.1, -0.05) is 11.6 Å². The Hall–Kier alpha value is -1.90. The molecule has 8 nitrogen and oxygen atoms in total. The Morgan fingerprint density at radius 3 is 2.57 bits per heavy atom. The first-order valence-electron chi connectivity index (χ1n) is 5.99. The molecule has 116 valence electrons. The van der Waals surface area contributed by atoms with Gasteiger partial charge in [-0.25, -0.2) is 0 Å². The third kappa shape index (κ3) is 3.41. The molecule has 0 heterocycles. The van der Waals surface area contributed by atoms with Gasteiger partial charge in [0.25, 0.3) is 11.6 Å². The molecule has 0 saturated heterocycles. The summed E-state index contributed by atoms with van der Waals surface area (Å²) in [4.78, 5) is 24.0. The van der Waals surface area contributed by atoms with Crippen molar-refractivity contribution in [2.24, 2.45) is 5.84 Å². The number of nitro groups is 1. The number of halogens is 1. The zero-order chi connectivity index (χ0) is 16.4. The number of carbonyl (C=O) groups excluding carboxylic acids is 1. The van der Waals surface area contributed by atoms with Crippen molar-refractivity contribution in [3.8, 4) is 0 Å². The number of nitrogens with one attached hydrogen (secondary N) is 1. The van der Waals surface area contributed by atoms with Crippen LogP contribution in [0.1, 0.15) is 24.2 Å². The van der Waals surface area contributed by atoms with E-state index in [9.17, 15) is 20.0 Å². The number of carbonyl (C=O) groups is 1. The molecule has 9 heteroatoms. The summed E-state index contributed by atoms with van der Waals surface area (Å²) in [6, 6.07) is 2.38. The molecule has 0 radical (unpaired) electrons. The van der Waals surface area contributed by atoms with Crippen molar-refractivity contribution >= 4 is 28.9 Å². The topological polar surface area (TPSA) is 122 Å². The normalized spacial score (nSPS) is 11.1. The van der Waals surface area contributed by atoms with Crippen molar-refractivity contribution in [1.29, 1.82) is 0 Å². The SMILES string of the molecule is CN(C(=O)c1cc(Cl)c(NN)c([N+](=O)[O-])c1)C(C)(C)CO. The molecule has 0 unspecified atom stereocenters. The van der Waals surface area contributed by atoms with Crippen LogP contribution in [0.25, 0.3) is 0 Å². The minimum atomic E-state index is -0.816. The fraction of sp³-hybridized carbons (Fsp3) is 0.417. The lowest BCUT2D eigenvalue weighted by Crippen LogP contribution is -2.47. The highest BCUT2D eigenvalue weighted by Gasteiger charge is 2.29. The molecule has 0 aliphatic rings. The number of rotatable bonds is 5. The average molecular weight is 317 g/mol. The lowest BCUT2D eigenvalue weighted by molar-refractivity contribution is -0.384. The standard InChI is InChI=1S/C12H17ClN4O4/c1-12(2,6-18)16(3)11(19)7-4-8(13)10(15-14)9(5-7)17(20)21/h4-5,15,18H,6,14H2,1-3H3. The second-order valence-corrected chi connectivity index (χ2v) is 5.50. The summed E-state index contributed by atoms with van der Waals surface area (Å²) < 4.78 is 0. The summed E-state index contributed by atoms with van der Waals surface area (Å²) in [6.45, 7) is 3.07. The van der Waals surface area contributed by atoms with Crippen LogP contribution in [0.3, 0.4) is 0 Å². The quantitative estimate of drug-likeness (QED) is 0.428. The third-order valence-electron chi connectivity index (χ3n) is 3.26. The molecule has 1 aromatic carbocycles. The van der Waals surface area contributed by atoms with Crippen LogP contribution in [-0.2, 0) is 0 Å². The number of hydrogen-bond acceptors (Lipinski definition) is 6. The van der Waals surface area contributed by atoms with E-state index >= 15 is 0 Å². The number of nitrogens with zero attached hydrogens (tertiary/aromatic N) is 2. The van der Waals surface area contributed by atoms with E-state index in [1.54, 1.807) is 13.8 Å². The predicted molar refractivity (Wildman–Crippen MR) is 79.2 cm³/mol. The van der Waals surface area contributed by atoms with Gasteiger partial charge in [0.15, 0.2) is 0 Å². The lowest BCUT2D eigenvalue weighted by atomic mass is 10.0. The largest absolute Gasteiger partial charge is 0.394 e.